The second-order valence-electron chi connectivity index (χ2n) is 4.83. The van der Waals surface area contributed by atoms with Crippen LogP contribution in [-0.2, 0) is 9.59 Å². The minimum Gasteiger partial charge on any atom is -0.343 e. The molecule has 4 heteroatoms. The van der Waals surface area contributed by atoms with Gasteiger partial charge in [0.2, 0.25) is 11.8 Å². The SMILES string of the molecule is CC1CCC(N2CC(=O)NC(C)C2=O)C1. The molecule has 2 rings (SSSR count). The summed E-state index contributed by atoms with van der Waals surface area (Å²) in [5.41, 5.74) is 0. The molecule has 0 aromatic heterocycles. The number of carbonyl (C=O) groups excluding carboxylic acids is 2. The van der Waals surface area contributed by atoms with E-state index in [1.165, 1.54) is 6.42 Å². The molecule has 3 unspecified atom stereocenters. The van der Waals surface area contributed by atoms with Gasteiger partial charge in [-0.05, 0) is 32.1 Å². The van der Waals surface area contributed by atoms with Gasteiger partial charge in [0, 0.05) is 6.04 Å². The van der Waals surface area contributed by atoms with E-state index in [1.54, 1.807) is 11.8 Å². The van der Waals surface area contributed by atoms with Gasteiger partial charge in [0.05, 0.1) is 6.54 Å². The summed E-state index contributed by atoms with van der Waals surface area (Å²) in [6.45, 7) is 4.21. The molecule has 1 N–H and O–H groups in total. The lowest BCUT2D eigenvalue weighted by atomic mass is 10.1. The van der Waals surface area contributed by atoms with Gasteiger partial charge in [0.1, 0.15) is 6.04 Å². The monoisotopic (exact) mass is 210 g/mol. The summed E-state index contributed by atoms with van der Waals surface area (Å²) in [7, 11) is 0. The van der Waals surface area contributed by atoms with E-state index in [2.05, 4.69) is 12.2 Å². The largest absolute Gasteiger partial charge is 0.343 e. The average Bonchev–Trinajstić information content (AvgIpc) is 2.58. The highest BCUT2D eigenvalue weighted by Gasteiger charge is 2.36. The van der Waals surface area contributed by atoms with Gasteiger partial charge < -0.3 is 10.2 Å². The lowest BCUT2D eigenvalue weighted by Crippen LogP contribution is -2.59. The number of hydrogen-bond acceptors (Lipinski definition) is 2. The molecule has 1 saturated carbocycles. The molecular formula is C11H18N2O2. The lowest BCUT2D eigenvalue weighted by molar-refractivity contribution is -0.146. The lowest BCUT2D eigenvalue weighted by Gasteiger charge is -2.35. The highest BCUT2D eigenvalue weighted by atomic mass is 16.2. The third-order valence-electron chi connectivity index (χ3n) is 3.45. The van der Waals surface area contributed by atoms with Crippen molar-refractivity contribution in [1.82, 2.24) is 10.2 Å². The van der Waals surface area contributed by atoms with Crippen LogP contribution >= 0.6 is 0 Å². The Hall–Kier alpha value is -1.06. The smallest absolute Gasteiger partial charge is 0.245 e. The molecule has 2 fully saturated rings. The van der Waals surface area contributed by atoms with Crippen molar-refractivity contribution in [3.8, 4) is 0 Å². The Labute approximate surface area is 90.0 Å². The summed E-state index contributed by atoms with van der Waals surface area (Å²) in [5.74, 6) is 0.735. The van der Waals surface area contributed by atoms with Crippen molar-refractivity contribution < 1.29 is 9.59 Å². The first kappa shape index (κ1) is 10.5. The zero-order valence-corrected chi connectivity index (χ0v) is 9.32. The predicted molar refractivity (Wildman–Crippen MR) is 56.1 cm³/mol. The quantitative estimate of drug-likeness (QED) is 0.686. The molecule has 2 aliphatic rings. The van der Waals surface area contributed by atoms with Crippen molar-refractivity contribution in [2.45, 2.75) is 45.2 Å². The highest BCUT2D eigenvalue weighted by Crippen LogP contribution is 2.29. The van der Waals surface area contributed by atoms with Gasteiger partial charge in [-0.1, -0.05) is 6.92 Å². The maximum Gasteiger partial charge on any atom is 0.245 e. The van der Waals surface area contributed by atoms with E-state index < -0.39 is 0 Å². The minimum atomic E-state index is -0.345. The zero-order chi connectivity index (χ0) is 11.0. The molecule has 84 valence electrons. The fourth-order valence-electron chi connectivity index (χ4n) is 2.60. The van der Waals surface area contributed by atoms with Crippen molar-refractivity contribution in [2.24, 2.45) is 5.92 Å². The maximum atomic E-state index is 11.9. The Morgan fingerprint density at radius 3 is 2.60 bits per heavy atom. The molecule has 1 saturated heterocycles. The van der Waals surface area contributed by atoms with Crippen molar-refractivity contribution in [3.05, 3.63) is 0 Å². The summed E-state index contributed by atoms with van der Waals surface area (Å²) in [6.07, 6.45) is 3.27. The number of rotatable bonds is 1. The Kier molecular flexibility index (Phi) is 2.67. The molecular weight excluding hydrogens is 192 g/mol. The van der Waals surface area contributed by atoms with E-state index in [0.29, 0.717) is 12.0 Å². The van der Waals surface area contributed by atoms with Crippen LogP contribution in [0.2, 0.25) is 0 Å². The number of piperazine rings is 1. The predicted octanol–water partition coefficient (Wildman–Crippen LogP) is 0.522. The van der Waals surface area contributed by atoms with Gasteiger partial charge in [0.25, 0.3) is 0 Å². The Bertz CT molecular complexity index is 290. The van der Waals surface area contributed by atoms with Gasteiger partial charge in [0.15, 0.2) is 0 Å². The van der Waals surface area contributed by atoms with Crippen molar-refractivity contribution in [1.29, 1.82) is 0 Å². The molecule has 4 nitrogen and oxygen atoms in total. The fourth-order valence-corrected chi connectivity index (χ4v) is 2.60. The molecule has 1 heterocycles. The van der Waals surface area contributed by atoms with Gasteiger partial charge in [-0.3, -0.25) is 9.59 Å². The molecule has 0 radical (unpaired) electrons. The molecule has 0 aromatic rings. The zero-order valence-electron chi connectivity index (χ0n) is 9.32. The fraction of sp³-hybridized carbons (Fsp3) is 0.818. The van der Waals surface area contributed by atoms with E-state index in [-0.39, 0.29) is 24.4 Å². The number of amides is 2. The van der Waals surface area contributed by atoms with Crippen LogP contribution in [0.4, 0.5) is 0 Å². The first-order valence-corrected chi connectivity index (χ1v) is 5.67. The molecule has 0 spiro atoms. The van der Waals surface area contributed by atoms with Crippen molar-refractivity contribution in [3.63, 3.8) is 0 Å². The number of nitrogens with one attached hydrogen (secondary N) is 1. The topological polar surface area (TPSA) is 49.4 Å². The van der Waals surface area contributed by atoms with Gasteiger partial charge in [-0.2, -0.15) is 0 Å². The molecule has 1 aliphatic heterocycles. The van der Waals surface area contributed by atoms with E-state index in [9.17, 15) is 9.59 Å². The minimum absolute atomic E-state index is 0.0262. The summed E-state index contributed by atoms with van der Waals surface area (Å²) in [6, 6.07) is -0.0526. The molecule has 1 aliphatic carbocycles. The van der Waals surface area contributed by atoms with Crippen LogP contribution in [0.15, 0.2) is 0 Å². The summed E-state index contributed by atoms with van der Waals surface area (Å²) < 4.78 is 0. The summed E-state index contributed by atoms with van der Waals surface area (Å²) in [4.78, 5) is 25.0. The van der Waals surface area contributed by atoms with E-state index >= 15 is 0 Å². The summed E-state index contributed by atoms with van der Waals surface area (Å²) in [5, 5.41) is 2.66. The Morgan fingerprint density at radius 1 is 1.27 bits per heavy atom. The van der Waals surface area contributed by atoms with E-state index in [4.69, 9.17) is 0 Å². The van der Waals surface area contributed by atoms with Crippen LogP contribution in [0, 0.1) is 5.92 Å². The Balaban J connectivity index is 2.06. The molecule has 2 amide bonds. The average molecular weight is 210 g/mol. The van der Waals surface area contributed by atoms with Gasteiger partial charge in [-0.25, -0.2) is 0 Å². The molecule has 3 atom stereocenters. The standard InChI is InChI=1S/C11H18N2O2/c1-7-3-4-9(5-7)13-6-10(14)12-8(2)11(13)15/h7-9H,3-6H2,1-2H3,(H,12,14). The van der Waals surface area contributed by atoms with E-state index in [0.717, 1.165) is 12.8 Å². The normalized spacial score (nSPS) is 36.9. The third kappa shape index (κ3) is 1.98. The van der Waals surface area contributed by atoms with Crippen LogP contribution in [-0.4, -0.2) is 35.3 Å². The number of carbonyl (C=O) groups is 2. The highest BCUT2D eigenvalue weighted by molar-refractivity contribution is 5.94. The van der Waals surface area contributed by atoms with E-state index in [1.807, 2.05) is 0 Å². The van der Waals surface area contributed by atoms with Crippen LogP contribution in [0.5, 0.6) is 0 Å². The van der Waals surface area contributed by atoms with Crippen LogP contribution in [0.25, 0.3) is 0 Å². The molecule has 0 bridgehead atoms. The number of nitrogens with zero attached hydrogens (tertiary/aromatic N) is 1. The second kappa shape index (κ2) is 3.83. The van der Waals surface area contributed by atoms with Crippen LogP contribution in [0.1, 0.15) is 33.1 Å². The third-order valence-corrected chi connectivity index (χ3v) is 3.45. The van der Waals surface area contributed by atoms with Crippen LogP contribution < -0.4 is 5.32 Å². The van der Waals surface area contributed by atoms with Gasteiger partial charge >= 0.3 is 0 Å². The molecule has 15 heavy (non-hydrogen) atoms. The van der Waals surface area contributed by atoms with Crippen molar-refractivity contribution >= 4 is 11.8 Å². The number of hydrogen-bond donors (Lipinski definition) is 1. The first-order valence-electron chi connectivity index (χ1n) is 5.67. The van der Waals surface area contributed by atoms with Crippen molar-refractivity contribution in [2.75, 3.05) is 6.54 Å². The van der Waals surface area contributed by atoms with Gasteiger partial charge in [-0.15, -0.1) is 0 Å². The maximum absolute atomic E-state index is 11.9. The second-order valence-corrected chi connectivity index (χ2v) is 4.83. The first-order chi connectivity index (χ1) is 7.08. The molecule has 0 aromatic carbocycles. The van der Waals surface area contributed by atoms with Crippen LogP contribution in [0.3, 0.4) is 0 Å². The summed E-state index contributed by atoms with van der Waals surface area (Å²) >= 11 is 0. The Morgan fingerprint density at radius 2 is 2.00 bits per heavy atom.